The number of aromatic nitrogens is 1. The Bertz CT molecular complexity index is 877. The molecule has 1 aliphatic heterocycles. The number of urea groups is 1. The van der Waals surface area contributed by atoms with Crippen LogP contribution in [0.25, 0.3) is 0 Å². The van der Waals surface area contributed by atoms with Crippen molar-refractivity contribution in [2.45, 2.75) is 44.8 Å². The number of rotatable bonds is 9. The molecule has 0 atom stereocenters. The summed E-state index contributed by atoms with van der Waals surface area (Å²) in [6.45, 7) is 1.55. The fourth-order valence-electron chi connectivity index (χ4n) is 3.45. The number of halogens is 4. The highest BCUT2D eigenvalue weighted by molar-refractivity contribution is 5.74. The molecule has 2 heterocycles. The third-order valence-electron chi connectivity index (χ3n) is 5.19. The van der Waals surface area contributed by atoms with E-state index in [-0.39, 0.29) is 43.9 Å². The highest BCUT2D eigenvalue weighted by Crippen LogP contribution is 2.18. The molecule has 0 saturated carbocycles. The number of hydrogen-bond donors (Lipinski definition) is 2. The second-order valence-electron chi connectivity index (χ2n) is 7.52. The summed E-state index contributed by atoms with van der Waals surface area (Å²) in [5.74, 6) is -1.10. The lowest BCUT2D eigenvalue weighted by molar-refractivity contribution is 0.114. The largest absolute Gasteiger partial charge is 0.493 e. The van der Waals surface area contributed by atoms with E-state index in [0.717, 1.165) is 30.9 Å². The van der Waals surface area contributed by atoms with Crippen LogP contribution in [0, 0.1) is 11.6 Å². The molecular formula is C22H26F4N4O2. The molecule has 0 unspecified atom stereocenters. The molecule has 32 heavy (non-hydrogen) atoms. The number of hydrogen-bond acceptors (Lipinski definition) is 4. The summed E-state index contributed by atoms with van der Waals surface area (Å²) in [4.78, 5) is 18.3. The van der Waals surface area contributed by atoms with E-state index >= 15 is 0 Å². The number of nitrogens with one attached hydrogen (secondary N) is 2. The van der Waals surface area contributed by atoms with Gasteiger partial charge in [-0.1, -0.05) is 12.1 Å². The van der Waals surface area contributed by atoms with Gasteiger partial charge in [-0.2, -0.15) is 0 Å². The Morgan fingerprint density at radius 2 is 1.94 bits per heavy atom. The SMILES string of the molecule is O=C(NCc1ccc(OCCC(F)F)cc1)N(Cc1ncc(F)cc1F)C1CCNCC1. The zero-order valence-corrected chi connectivity index (χ0v) is 17.5. The Morgan fingerprint density at radius 3 is 2.59 bits per heavy atom. The molecule has 2 N–H and O–H groups in total. The van der Waals surface area contributed by atoms with Gasteiger partial charge in [0.2, 0.25) is 6.43 Å². The van der Waals surface area contributed by atoms with Crippen molar-refractivity contribution >= 4 is 6.03 Å². The predicted molar refractivity (Wildman–Crippen MR) is 110 cm³/mol. The second kappa shape index (κ2) is 11.7. The Hall–Kier alpha value is -2.88. The molecule has 1 aliphatic rings. The quantitative estimate of drug-likeness (QED) is 0.565. The van der Waals surface area contributed by atoms with Crippen LogP contribution in [0.3, 0.4) is 0 Å². The van der Waals surface area contributed by atoms with E-state index in [1.165, 1.54) is 4.90 Å². The highest BCUT2D eigenvalue weighted by Gasteiger charge is 2.27. The van der Waals surface area contributed by atoms with Gasteiger partial charge in [0.1, 0.15) is 17.4 Å². The molecule has 2 amide bonds. The molecule has 6 nitrogen and oxygen atoms in total. The Labute approximate surface area is 184 Å². The van der Waals surface area contributed by atoms with Crippen molar-refractivity contribution in [3.05, 3.63) is 59.4 Å². The number of benzene rings is 1. The molecule has 0 aliphatic carbocycles. The van der Waals surface area contributed by atoms with Crippen molar-refractivity contribution in [2.75, 3.05) is 19.7 Å². The minimum atomic E-state index is -2.41. The summed E-state index contributed by atoms with van der Waals surface area (Å²) in [5.41, 5.74) is 0.793. The van der Waals surface area contributed by atoms with Gasteiger partial charge in [-0.25, -0.2) is 22.4 Å². The first-order valence-corrected chi connectivity index (χ1v) is 10.5. The maximum atomic E-state index is 14.1. The topological polar surface area (TPSA) is 66.5 Å². The summed E-state index contributed by atoms with van der Waals surface area (Å²) in [6.07, 6.45) is -0.400. The van der Waals surface area contributed by atoms with Crippen LogP contribution in [0.1, 0.15) is 30.5 Å². The van der Waals surface area contributed by atoms with Crippen molar-refractivity contribution in [1.29, 1.82) is 0 Å². The second-order valence-corrected chi connectivity index (χ2v) is 7.52. The third-order valence-corrected chi connectivity index (χ3v) is 5.19. The van der Waals surface area contributed by atoms with Crippen LogP contribution in [0.5, 0.6) is 5.75 Å². The number of ether oxygens (including phenoxy) is 1. The normalized spacial score (nSPS) is 14.4. The summed E-state index contributed by atoms with van der Waals surface area (Å²) in [6, 6.07) is 7.03. The molecule has 1 saturated heterocycles. The minimum absolute atomic E-state index is 0.00498. The fourth-order valence-corrected chi connectivity index (χ4v) is 3.45. The number of amides is 2. The van der Waals surface area contributed by atoms with Gasteiger partial charge in [0.25, 0.3) is 0 Å². The zero-order valence-electron chi connectivity index (χ0n) is 17.5. The molecule has 0 spiro atoms. The van der Waals surface area contributed by atoms with Crippen LogP contribution in [0.4, 0.5) is 22.4 Å². The Balaban J connectivity index is 1.60. The minimum Gasteiger partial charge on any atom is -0.493 e. The van der Waals surface area contributed by atoms with E-state index in [2.05, 4.69) is 15.6 Å². The van der Waals surface area contributed by atoms with Crippen molar-refractivity contribution in [2.24, 2.45) is 0 Å². The molecule has 2 aromatic rings. The van der Waals surface area contributed by atoms with Gasteiger partial charge in [0.05, 0.1) is 25.0 Å². The maximum absolute atomic E-state index is 14.1. The summed E-state index contributed by atoms with van der Waals surface area (Å²) >= 11 is 0. The average molecular weight is 454 g/mol. The van der Waals surface area contributed by atoms with Crippen LogP contribution in [0.2, 0.25) is 0 Å². The molecule has 3 rings (SSSR count). The molecule has 10 heteroatoms. The van der Waals surface area contributed by atoms with Crippen molar-refractivity contribution in [3.63, 3.8) is 0 Å². The van der Waals surface area contributed by atoms with E-state index in [1.54, 1.807) is 24.3 Å². The molecule has 1 aromatic carbocycles. The number of carbonyl (C=O) groups is 1. The Morgan fingerprint density at radius 1 is 1.22 bits per heavy atom. The molecular weight excluding hydrogens is 428 g/mol. The number of pyridine rings is 1. The van der Waals surface area contributed by atoms with Crippen molar-refractivity contribution < 1.29 is 27.1 Å². The standard InChI is InChI=1S/C22H26F4N4O2/c23-16-11-19(24)20(28-13-16)14-30(17-5-8-27-9-6-17)22(31)29-12-15-1-3-18(4-2-15)32-10-7-21(25)26/h1-4,11,13,17,21,27H,5-10,12,14H2,(H,29,31). The van der Waals surface area contributed by atoms with E-state index in [4.69, 9.17) is 4.74 Å². The third kappa shape index (κ3) is 7.08. The lowest BCUT2D eigenvalue weighted by atomic mass is 10.0. The van der Waals surface area contributed by atoms with Crippen molar-refractivity contribution in [1.82, 2.24) is 20.5 Å². The van der Waals surface area contributed by atoms with Gasteiger partial charge in [0.15, 0.2) is 0 Å². The van der Waals surface area contributed by atoms with Crippen LogP contribution in [-0.4, -0.2) is 48.1 Å². The monoisotopic (exact) mass is 454 g/mol. The summed E-state index contributed by atoms with van der Waals surface area (Å²) in [5, 5.41) is 6.05. The van der Waals surface area contributed by atoms with Crippen LogP contribution >= 0.6 is 0 Å². The number of piperidine rings is 1. The Kier molecular flexibility index (Phi) is 8.66. The van der Waals surface area contributed by atoms with Gasteiger partial charge >= 0.3 is 6.03 Å². The molecule has 1 fully saturated rings. The smallest absolute Gasteiger partial charge is 0.318 e. The van der Waals surface area contributed by atoms with Crippen LogP contribution in [-0.2, 0) is 13.1 Å². The molecule has 1 aromatic heterocycles. The van der Waals surface area contributed by atoms with E-state index in [9.17, 15) is 22.4 Å². The fraction of sp³-hybridized carbons (Fsp3) is 0.455. The van der Waals surface area contributed by atoms with Crippen molar-refractivity contribution in [3.8, 4) is 5.75 Å². The number of nitrogens with zero attached hydrogens (tertiary/aromatic N) is 2. The molecule has 0 bridgehead atoms. The molecule has 174 valence electrons. The van der Waals surface area contributed by atoms with Gasteiger partial charge in [-0.15, -0.1) is 0 Å². The first kappa shape index (κ1) is 23.8. The zero-order chi connectivity index (χ0) is 22.9. The lowest BCUT2D eigenvalue weighted by Crippen LogP contribution is -2.49. The number of alkyl halides is 2. The maximum Gasteiger partial charge on any atom is 0.318 e. The first-order chi connectivity index (χ1) is 15.4. The van der Waals surface area contributed by atoms with Crippen LogP contribution < -0.4 is 15.4 Å². The summed E-state index contributed by atoms with van der Waals surface area (Å²) in [7, 11) is 0. The van der Waals surface area contributed by atoms with Gasteiger partial charge < -0.3 is 20.3 Å². The van der Waals surface area contributed by atoms with Gasteiger partial charge in [0, 0.05) is 25.1 Å². The van der Waals surface area contributed by atoms with E-state index < -0.39 is 18.1 Å². The van der Waals surface area contributed by atoms with E-state index in [0.29, 0.717) is 18.6 Å². The van der Waals surface area contributed by atoms with Gasteiger partial charge in [-0.3, -0.25) is 4.98 Å². The highest BCUT2D eigenvalue weighted by atomic mass is 19.3. The average Bonchev–Trinajstić information content (AvgIpc) is 2.78. The van der Waals surface area contributed by atoms with Crippen LogP contribution in [0.15, 0.2) is 36.5 Å². The van der Waals surface area contributed by atoms with E-state index in [1.807, 2.05) is 0 Å². The lowest BCUT2D eigenvalue weighted by Gasteiger charge is -2.34. The predicted octanol–water partition coefficient (Wildman–Crippen LogP) is 3.86. The first-order valence-electron chi connectivity index (χ1n) is 10.5. The summed E-state index contributed by atoms with van der Waals surface area (Å²) < 4.78 is 57.0. The number of carbonyl (C=O) groups excluding carboxylic acids is 1. The van der Waals surface area contributed by atoms with Gasteiger partial charge in [-0.05, 0) is 43.6 Å². The molecule has 0 radical (unpaired) electrons.